The Balaban J connectivity index is 2.00. The Bertz CT molecular complexity index is 159. The first-order chi connectivity index (χ1) is 4.47. The maximum atomic E-state index is 3.23. The number of hydrogen-bond acceptors (Lipinski definition) is 0. The molecule has 0 heteroatoms. The minimum atomic E-state index is 0.929. The molecular formula is C9H11. The van der Waals surface area contributed by atoms with Crippen LogP contribution in [0.3, 0.4) is 0 Å². The average molecular weight is 119 g/mol. The summed E-state index contributed by atoms with van der Waals surface area (Å²) in [5.41, 5.74) is 0. The van der Waals surface area contributed by atoms with Crippen molar-refractivity contribution in [2.24, 2.45) is 5.92 Å². The largest absolute Gasteiger partial charge is 0.103 e. The fourth-order valence-corrected chi connectivity index (χ4v) is 1.42. The average Bonchev–Trinajstić information content (AvgIpc) is 2.46. The van der Waals surface area contributed by atoms with Crippen LogP contribution in [0.4, 0.5) is 0 Å². The summed E-state index contributed by atoms with van der Waals surface area (Å²) in [5, 5.41) is 0. The highest BCUT2D eigenvalue weighted by molar-refractivity contribution is 5.35. The molecule has 0 aromatic rings. The minimum absolute atomic E-state index is 0.929. The standard InChI is InChI=1S/C9H11/c1-2-4-6-9-7-8(9)5-3-1/h8H,1-3,5,7H2. The van der Waals surface area contributed by atoms with E-state index in [-0.39, 0.29) is 0 Å². The Labute approximate surface area is 56.6 Å². The van der Waals surface area contributed by atoms with Gasteiger partial charge in [0.15, 0.2) is 0 Å². The summed E-state index contributed by atoms with van der Waals surface area (Å²) in [6.45, 7) is 0. The summed E-state index contributed by atoms with van der Waals surface area (Å²) < 4.78 is 0. The topological polar surface area (TPSA) is 0 Å². The molecule has 0 nitrogen and oxygen atoms in total. The second kappa shape index (κ2) is 2.06. The van der Waals surface area contributed by atoms with Gasteiger partial charge in [-0.15, -0.1) is 5.92 Å². The van der Waals surface area contributed by atoms with Crippen LogP contribution in [0.25, 0.3) is 0 Å². The van der Waals surface area contributed by atoms with Crippen molar-refractivity contribution >= 4 is 0 Å². The second-order valence-corrected chi connectivity index (χ2v) is 2.97. The molecule has 0 heterocycles. The van der Waals surface area contributed by atoms with E-state index in [9.17, 15) is 0 Å². The van der Waals surface area contributed by atoms with Crippen LogP contribution in [0.5, 0.6) is 0 Å². The van der Waals surface area contributed by atoms with Gasteiger partial charge in [0.1, 0.15) is 0 Å². The van der Waals surface area contributed by atoms with E-state index >= 15 is 0 Å². The summed E-state index contributed by atoms with van der Waals surface area (Å²) >= 11 is 0. The Kier molecular flexibility index (Phi) is 1.23. The van der Waals surface area contributed by atoms with E-state index in [4.69, 9.17) is 0 Å². The highest BCUT2D eigenvalue weighted by atomic mass is 14.4. The van der Waals surface area contributed by atoms with Gasteiger partial charge in [-0.2, -0.15) is 0 Å². The van der Waals surface area contributed by atoms with Gasteiger partial charge in [0.2, 0.25) is 0 Å². The summed E-state index contributed by atoms with van der Waals surface area (Å²) in [6.07, 6.45) is 6.62. The lowest BCUT2D eigenvalue weighted by atomic mass is 10.1. The predicted molar refractivity (Wildman–Crippen MR) is 37.6 cm³/mol. The Morgan fingerprint density at radius 2 is 2.33 bits per heavy atom. The molecule has 2 aliphatic rings. The minimum Gasteiger partial charge on any atom is -0.103 e. The molecule has 1 saturated carbocycles. The number of hydrogen-bond donors (Lipinski definition) is 0. The molecule has 0 bridgehead atoms. The van der Waals surface area contributed by atoms with E-state index in [2.05, 4.69) is 11.8 Å². The van der Waals surface area contributed by atoms with Gasteiger partial charge < -0.3 is 0 Å². The summed E-state index contributed by atoms with van der Waals surface area (Å²) in [5.74, 6) is 8.88. The molecule has 0 aliphatic heterocycles. The SMILES string of the molecule is C1#C[C]2CC2CCCC1. The Morgan fingerprint density at radius 1 is 1.33 bits per heavy atom. The van der Waals surface area contributed by atoms with Crippen LogP contribution in [0.2, 0.25) is 0 Å². The van der Waals surface area contributed by atoms with Crippen LogP contribution < -0.4 is 0 Å². The van der Waals surface area contributed by atoms with Crippen LogP contribution in [0, 0.1) is 23.7 Å². The van der Waals surface area contributed by atoms with Crippen molar-refractivity contribution in [2.45, 2.75) is 32.1 Å². The maximum Gasteiger partial charge on any atom is 0.0514 e. The monoisotopic (exact) mass is 119 g/mol. The molecule has 2 aliphatic carbocycles. The first kappa shape index (κ1) is 5.35. The van der Waals surface area contributed by atoms with Gasteiger partial charge in [0.25, 0.3) is 0 Å². The lowest BCUT2D eigenvalue weighted by Crippen LogP contribution is -1.83. The van der Waals surface area contributed by atoms with Crippen molar-refractivity contribution in [3.63, 3.8) is 0 Å². The van der Waals surface area contributed by atoms with Crippen LogP contribution >= 0.6 is 0 Å². The summed E-state index contributed by atoms with van der Waals surface area (Å²) in [4.78, 5) is 0. The normalized spacial score (nSPS) is 33.1. The van der Waals surface area contributed by atoms with Crippen molar-refractivity contribution in [1.82, 2.24) is 0 Å². The van der Waals surface area contributed by atoms with Crippen molar-refractivity contribution in [3.05, 3.63) is 5.92 Å². The third kappa shape index (κ3) is 1.10. The molecule has 1 atom stereocenters. The molecule has 0 aromatic carbocycles. The molecule has 0 spiro atoms. The maximum absolute atomic E-state index is 3.23. The van der Waals surface area contributed by atoms with Crippen molar-refractivity contribution < 1.29 is 0 Å². The van der Waals surface area contributed by atoms with E-state index in [0.717, 1.165) is 12.3 Å². The van der Waals surface area contributed by atoms with Crippen LogP contribution in [0.1, 0.15) is 32.1 Å². The highest BCUT2D eigenvalue weighted by Gasteiger charge is 2.35. The fourth-order valence-electron chi connectivity index (χ4n) is 1.42. The Hall–Kier alpha value is -0.440. The van der Waals surface area contributed by atoms with E-state index < -0.39 is 0 Å². The van der Waals surface area contributed by atoms with Crippen molar-refractivity contribution in [2.75, 3.05) is 0 Å². The van der Waals surface area contributed by atoms with Gasteiger partial charge in [-0.25, -0.2) is 0 Å². The molecule has 1 fully saturated rings. The first-order valence-electron chi connectivity index (χ1n) is 3.81. The van der Waals surface area contributed by atoms with E-state index in [1.54, 1.807) is 0 Å². The zero-order valence-electron chi connectivity index (χ0n) is 5.61. The molecule has 47 valence electrons. The second-order valence-electron chi connectivity index (χ2n) is 2.97. The Morgan fingerprint density at radius 3 is 3.33 bits per heavy atom. The van der Waals surface area contributed by atoms with E-state index in [1.165, 1.54) is 31.6 Å². The zero-order valence-corrected chi connectivity index (χ0v) is 5.61. The van der Waals surface area contributed by atoms with Gasteiger partial charge in [-0.3, -0.25) is 0 Å². The van der Waals surface area contributed by atoms with Gasteiger partial charge in [0, 0.05) is 6.42 Å². The van der Waals surface area contributed by atoms with E-state index in [1.807, 2.05) is 0 Å². The van der Waals surface area contributed by atoms with Crippen LogP contribution in [-0.2, 0) is 0 Å². The fraction of sp³-hybridized carbons (Fsp3) is 0.667. The molecule has 1 unspecified atom stereocenters. The van der Waals surface area contributed by atoms with Gasteiger partial charge in [-0.1, -0.05) is 12.3 Å². The molecule has 0 aromatic heterocycles. The van der Waals surface area contributed by atoms with Gasteiger partial charge in [-0.05, 0) is 25.2 Å². The molecule has 9 heavy (non-hydrogen) atoms. The van der Waals surface area contributed by atoms with Gasteiger partial charge >= 0.3 is 0 Å². The molecule has 0 N–H and O–H groups in total. The number of rotatable bonds is 0. The highest BCUT2D eigenvalue weighted by Crippen LogP contribution is 2.44. The molecule has 0 saturated heterocycles. The predicted octanol–water partition coefficient (Wildman–Crippen LogP) is 2.16. The molecular weight excluding hydrogens is 108 g/mol. The summed E-state index contributed by atoms with van der Waals surface area (Å²) in [7, 11) is 0. The van der Waals surface area contributed by atoms with Crippen LogP contribution in [0.15, 0.2) is 0 Å². The van der Waals surface area contributed by atoms with Crippen molar-refractivity contribution in [3.8, 4) is 11.8 Å². The third-order valence-electron chi connectivity index (χ3n) is 2.15. The van der Waals surface area contributed by atoms with E-state index in [0.29, 0.717) is 0 Å². The third-order valence-corrected chi connectivity index (χ3v) is 2.15. The first-order valence-corrected chi connectivity index (χ1v) is 3.81. The lowest BCUT2D eigenvalue weighted by Gasteiger charge is -1.96. The lowest BCUT2D eigenvalue weighted by molar-refractivity contribution is 0.642. The summed E-state index contributed by atoms with van der Waals surface area (Å²) in [6, 6.07) is 0. The van der Waals surface area contributed by atoms with Gasteiger partial charge in [0.05, 0.1) is 5.92 Å². The smallest absolute Gasteiger partial charge is 0.0514 e. The molecule has 2 rings (SSSR count). The number of fused-ring (bicyclic) bond motifs is 1. The quantitative estimate of drug-likeness (QED) is 0.429. The van der Waals surface area contributed by atoms with Crippen LogP contribution in [-0.4, -0.2) is 0 Å². The molecule has 1 radical (unpaired) electrons. The molecule has 0 amide bonds. The zero-order chi connectivity index (χ0) is 6.10. The van der Waals surface area contributed by atoms with Crippen molar-refractivity contribution in [1.29, 1.82) is 0 Å².